The average Bonchev–Trinajstić information content (AvgIpc) is 3.21. The van der Waals surface area contributed by atoms with Gasteiger partial charge >= 0.3 is 21.7 Å². The number of sulfonamides is 1. The van der Waals surface area contributed by atoms with Crippen molar-refractivity contribution in [1.82, 2.24) is 14.3 Å². The standard InChI is InChI=1S/C22H26F6N4O2S/c1-3-5-7-16-12-31(35(33,34)22(26,27)28)13-18-17(6-4-2)19(21(23,24)25)8-9-20(18)32(16)11-15-10-29-14-30-15/h3,8-10,14,16H,1,4-7,11-13H2,2H3,(H,29,30). The number of hydrogen-bond acceptors (Lipinski definition) is 4. The number of aromatic amines is 1. The molecule has 2 heterocycles. The van der Waals surface area contributed by atoms with Crippen molar-refractivity contribution in [3.8, 4) is 0 Å². The highest BCUT2D eigenvalue weighted by Gasteiger charge is 2.51. The molecule has 0 saturated carbocycles. The number of H-pyrrole nitrogens is 1. The molecule has 2 aromatic rings. The third kappa shape index (κ3) is 5.66. The maximum atomic E-state index is 13.9. The van der Waals surface area contributed by atoms with Crippen molar-refractivity contribution in [2.75, 3.05) is 11.4 Å². The van der Waals surface area contributed by atoms with Gasteiger partial charge in [-0.05, 0) is 42.5 Å². The second-order valence-corrected chi connectivity index (χ2v) is 10.2. The normalized spacial score (nSPS) is 17.8. The van der Waals surface area contributed by atoms with Gasteiger partial charge in [0.2, 0.25) is 0 Å². The third-order valence-corrected chi connectivity index (χ3v) is 7.49. The Labute approximate surface area is 199 Å². The van der Waals surface area contributed by atoms with E-state index in [4.69, 9.17) is 0 Å². The fraction of sp³-hybridized carbons (Fsp3) is 0.500. The summed E-state index contributed by atoms with van der Waals surface area (Å²) in [5, 5.41) is 0. The quantitative estimate of drug-likeness (QED) is 0.372. The summed E-state index contributed by atoms with van der Waals surface area (Å²) in [6.07, 6.45) is 0.513. The molecule has 1 N–H and O–H groups in total. The van der Waals surface area contributed by atoms with Crippen LogP contribution in [0.3, 0.4) is 0 Å². The van der Waals surface area contributed by atoms with Gasteiger partial charge in [0.25, 0.3) is 0 Å². The molecule has 3 rings (SSSR count). The Balaban J connectivity index is 2.28. The summed E-state index contributed by atoms with van der Waals surface area (Å²) in [7, 11) is -5.81. The molecular formula is C22H26F6N4O2S. The third-order valence-electron chi connectivity index (χ3n) is 5.94. The molecule has 0 bridgehead atoms. The highest BCUT2D eigenvalue weighted by Crippen LogP contribution is 2.42. The van der Waals surface area contributed by atoms with Gasteiger partial charge in [-0.25, -0.2) is 13.4 Å². The SMILES string of the molecule is C=CCCC1CN(S(=O)(=O)C(F)(F)F)Cc2c(ccc(C(F)(F)F)c2CCC)N1Cc1cnc[nH]1. The van der Waals surface area contributed by atoms with Crippen molar-refractivity contribution in [3.63, 3.8) is 0 Å². The number of fused-ring (bicyclic) bond motifs is 1. The highest BCUT2D eigenvalue weighted by atomic mass is 32.2. The minimum Gasteiger partial charge on any atom is -0.361 e. The maximum Gasteiger partial charge on any atom is 0.511 e. The van der Waals surface area contributed by atoms with Crippen LogP contribution >= 0.6 is 0 Å². The zero-order valence-electron chi connectivity index (χ0n) is 19.0. The van der Waals surface area contributed by atoms with Crippen LogP contribution in [0.2, 0.25) is 0 Å². The molecule has 1 aromatic heterocycles. The van der Waals surface area contributed by atoms with Gasteiger partial charge in [0.15, 0.2) is 0 Å². The van der Waals surface area contributed by atoms with E-state index in [-0.39, 0.29) is 46.9 Å². The monoisotopic (exact) mass is 524 g/mol. The number of hydrogen-bond donors (Lipinski definition) is 1. The minimum atomic E-state index is -5.81. The molecule has 1 unspecified atom stereocenters. The van der Waals surface area contributed by atoms with Gasteiger partial charge in [-0.2, -0.15) is 30.6 Å². The number of anilines is 1. The van der Waals surface area contributed by atoms with E-state index in [1.54, 1.807) is 17.9 Å². The molecule has 1 atom stereocenters. The van der Waals surface area contributed by atoms with Crippen molar-refractivity contribution in [3.05, 3.63) is 59.7 Å². The van der Waals surface area contributed by atoms with Crippen LogP contribution in [0.15, 0.2) is 37.3 Å². The largest absolute Gasteiger partial charge is 0.511 e. The number of aromatic nitrogens is 2. The van der Waals surface area contributed by atoms with Gasteiger partial charge in [0, 0.05) is 31.0 Å². The van der Waals surface area contributed by atoms with Crippen LogP contribution in [0.4, 0.5) is 32.0 Å². The van der Waals surface area contributed by atoms with Gasteiger partial charge in [-0.3, -0.25) is 0 Å². The lowest BCUT2D eigenvalue weighted by Gasteiger charge is -2.34. The van der Waals surface area contributed by atoms with Gasteiger partial charge in [-0.15, -0.1) is 6.58 Å². The number of rotatable bonds is 8. The van der Waals surface area contributed by atoms with Crippen LogP contribution in [-0.4, -0.2) is 40.8 Å². The second kappa shape index (κ2) is 10.2. The predicted molar refractivity (Wildman–Crippen MR) is 119 cm³/mol. The van der Waals surface area contributed by atoms with E-state index < -0.39 is 46.4 Å². The fourth-order valence-corrected chi connectivity index (χ4v) is 5.31. The lowest BCUT2D eigenvalue weighted by atomic mass is 9.94. The molecule has 0 aliphatic carbocycles. The van der Waals surface area contributed by atoms with E-state index in [9.17, 15) is 34.8 Å². The van der Waals surface area contributed by atoms with Gasteiger partial charge in [0.1, 0.15) is 0 Å². The number of nitrogens with one attached hydrogen (secondary N) is 1. The zero-order valence-corrected chi connectivity index (χ0v) is 19.8. The van der Waals surface area contributed by atoms with Gasteiger partial charge in [0.05, 0.1) is 24.1 Å². The molecule has 1 aliphatic heterocycles. The Morgan fingerprint density at radius 3 is 2.49 bits per heavy atom. The first-order valence-corrected chi connectivity index (χ1v) is 12.4. The van der Waals surface area contributed by atoms with Crippen LogP contribution in [0.25, 0.3) is 0 Å². The number of imidazole rings is 1. The van der Waals surface area contributed by atoms with E-state index in [2.05, 4.69) is 16.5 Å². The average molecular weight is 525 g/mol. The van der Waals surface area contributed by atoms with Crippen LogP contribution in [0.1, 0.15) is 48.6 Å². The van der Waals surface area contributed by atoms with E-state index in [0.29, 0.717) is 12.1 Å². The molecule has 0 spiro atoms. The summed E-state index contributed by atoms with van der Waals surface area (Å²) >= 11 is 0. The summed E-state index contributed by atoms with van der Waals surface area (Å²) in [5.74, 6) is 0. The molecule has 6 nitrogen and oxygen atoms in total. The Bertz CT molecular complexity index is 1130. The number of benzene rings is 1. The minimum absolute atomic E-state index is 0.0740. The second-order valence-electron chi connectivity index (χ2n) is 8.31. The van der Waals surface area contributed by atoms with Gasteiger partial charge < -0.3 is 9.88 Å². The van der Waals surface area contributed by atoms with Crippen molar-refractivity contribution in [2.24, 2.45) is 0 Å². The van der Waals surface area contributed by atoms with Crippen molar-refractivity contribution < 1.29 is 34.8 Å². The summed E-state index contributed by atoms with van der Waals surface area (Å²) in [6, 6.07) is 1.38. The molecule has 1 aromatic carbocycles. The molecule has 0 saturated heterocycles. The molecule has 0 amide bonds. The van der Waals surface area contributed by atoms with Crippen LogP contribution in [0.5, 0.6) is 0 Å². The van der Waals surface area contributed by atoms with Gasteiger partial charge in [-0.1, -0.05) is 19.4 Å². The Morgan fingerprint density at radius 2 is 1.94 bits per heavy atom. The number of nitrogens with zero attached hydrogens (tertiary/aromatic N) is 3. The van der Waals surface area contributed by atoms with Crippen LogP contribution < -0.4 is 4.90 Å². The fourth-order valence-electron chi connectivity index (χ4n) is 4.35. The Kier molecular flexibility index (Phi) is 7.89. The molecule has 1 aliphatic rings. The summed E-state index contributed by atoms with van der Waals surface area (Å²) in [6.45, 7) is 3.99. The lowest BCUT2D eigenvalue weighted by Crippen LogP contribution is -2.46. The first-order chi connectivity index (χ1) is 16.3. The first-order valence-electron chi connectivity index (χ1n) is 10.9. The molecular weight excluding hydrogens is 498 g/mol. The van der Waals surface area contributed by atoms with Crippen molar-refractivity contribution in [1.29, 1.82) is 0 Å². The summed E-state index contributed by atoms with van der Waals surface area (Å²) in [4.78, 5) is 8.48. The van der Waals surface area contributed by atoms with Crippen molar-refractivity contribution >= 4 is 15.7 Å². The topological polar surface area (TPSA) is 69.3 Å². The Hall–Kier alpha value is -2.54. The zero-order chi connectivity index (χ0) is 26.0. The number of allylic oxidation sites excluding steroid dienone is 1. The molecule has 0 radical (unpaired) electrons. The molecule has 0 fully saturated rings. The molecule has 13 heteroatoms. The highest BCUT2D eigenvalue weighted by molar-refractivity contribution is 7.89. The van der Waals surface area contributed by atoms with E-state index in [0.717, 1.165) is 6.07 Å². The van der Waals surface area contributed by atoms with E-state index in [1.807, 2.05) is 0 Å². The number of alkyl halides is 6. The lowest BCUT2D eigenvalue weighted by molar-refractivity contribution is -0.138. The van der Waals surface area contributed by atoms with E-state index >= 15 is 0 Å². The van der Waals surface area contributed by atoms with Crippen LogP contribution in [-0.2, 0) is 35.7 Å². The smallest absolute Gasteiger partial charge is 0.361 e. The number of halogens is 6. The van der Waals surface area contributed by atoms with E-state index in [1.165, 1.54) is 18.6 Å². The predicted octanol–water partition coefficient (Wildman–Crippen LogP) is 5.39. The summed E-state index contributed by atoms with van der Waals surface area (Å²) in [5.41, 5.74) is -6.00. The van der Waals surface area contributed by atoms with Crippen molar-refractivity contribution in [2.45, 2.75) is 63.4 Å². The van der Waals surface area contributed by atoms with Crippen LogP contribution in [0, 0.1) is 0 Å². The Morgan fingerprint density at radius 1 is 1.23 bits per heavy atom. The maximum absolute atomic E-state index is 13.9. The summed E-state index contributed by atoms with van der Waals surface area (Å²) < 4.78 is 108. The molecule has 35 heavy (non-hydrogen) atoms. The molecule has 194 valence electrons. The first kappa shape index (κ1) is 27.1.